The van der Waals surface area contributed by atoms with Crippen molar-refractivity contribution in [3.05, 3.63) is 0 Å². The Morgan fingerprint density at radius 2 is 2.00 bits per heavy atom. The van der Waals surface area contributed by atoms with Crippen LogP contribution in [0.3, 0.4) is 0 Å². The number of amides is 1. The van der Waals surface area contributed by atoms with Gasteiger partial charge >= 0.3 is 0 Å². The summed E-state index contributed by atoms with van der Waals surface area (Å²) in [5, 5.41) is 0. The van der Waals surface area contributed by atoms with Gasteiger partial charge in [0, 0.05) is 19.6 Å². The first kappa shape index (κ1) is 12.4. The molecule has 0 aliphatic rings. The number of hydrogen-bond donors (Lipinski definition) is 1. The summed E-state index contributed by atoms with van der Waals surface area (Å²) in [6.07, 6.45) is 0.420. The first-order valence-electron chi connectivity index (χ1n) is 4.40. The number of nitrogens with two attached hydrogens (primary N) is 1. The average Bonchev–Trinajstić information content (AvgIpc) is 1.95. The van der Waals surface area contributed by atoms with Crippen LogP contribution in [0.1, 0.15) is 20.3 Å². The van der Waals surface area contributed by atoms with Crippen molar-refractivity contribution >= 4 is 5.91 Å². The molecule has 0 heterocycles. The van der Waals surface area contributed by atoms with E-state index < -0.39 is 0 Å². The minimum atomic E-state index is -0.318. The summed E-state index contributed by atoms with van der Waals surface area (Å²) in [4.78, 5) is 12.6. The van der Waals surface area contributed by atoms with Crippen molar-refractivity contribution in [3.63, 3.8) is 0 Å². The molecule has 0 aliphatic carbocycles. The van der Waals surface area contributed by atoms with Gasteiger partial charge in [0.25, 0.3) is 0 Å². The summed E-state index contributed by atoms with van der Waals surface area (Å²) in [5.74, 6) is 0.0785. The lowest BCUT2D eigenvalue weighted by Crippen LogP contribution is -2.37. The fourth-order valence-electron chi connectivity index (χ4n) is 0.718. The zero-order valence-corrected chi connectivity index (χ0v) is 8.96. The van der Waals surface area contributed by atoms with E-state index >= 15 is 0 Å². The number of carbonyl (C=O) groups is 1. The molecule has 13 heavy (non-hydrogen) atoms. The molecule has 0 rings (SSSR count). The Kier molecular flexibility index (Phi) is 4.95. The standard InChI is InChI=1S/C9H20N2O2/c1-9(2,10)7-13-6-5-8(12)11(3)4/h5-7,10H2,1-4H3. The maximum absolute atomic E-state index is 11.1. The second-order valence-corrected chi connectivity index (χ2v) is 4.08. The van der Waals surface area contributed by atoms with Crippen LogP contribution in [0.5, 0.6) is 0 Å². The average molecular weight is 188 g/mol. The topological polar surface area (TPSA) is 55.6 Å². The number of ether oxygens (including phenoxy) is 1. The molecular weight excluding hydrogens is 168 g/mol. The van der Waals surface area contributed by atoms with Crippen LogP contribution in [0.4, 0.5) is 0 Å². The summed E-state index contributed by atoms with van der Waals surface area (Å²) < 4.78 is 5.25. The van der Waals surface area contributed by atoms with E-state index in [0.717, 1.165) is 0 Å². The molecule has 4 heteroatoms. The first-order valence-corrected chi connectivity index (χ1v) is 4.40. The molecule has 0 spiro atoms. The third kappa shape index (κ3) is 7.74. The van der Waals surface area contributed by atoms with Crippen LogP contribution in [-0.2, 0) is 9.53 Å². The van der Waals surface area contributed by atoms with Gasteiger partial charge in [-0.1, -0.05) is 0 Å². The third-order valence-corrected chi connectivity index (χ3v) is 1.43. The van der Waals surface area contributed by atoms with E-state index in [1.165, 1.54) is 0 Å². The summed E-state index contributed by atoms with van der Waals surface area (Å²) in [6.45, 7) is 4.70. The van der Waals surface area contributed by atoms with Gasteiger partial charge in [-0.3, -0.25) is 4.79 Å². The van der Waals surface area contributed by atoms with Gasteiger partial charge in [0.05, 0.1) is 19.6 Å². The van der Waals surface area contributed by atoms with Crippen molar-refractivity contribution in [2.24, 2.45) is 5.73 Å². The second-order valence-electron chi connectivity index (χ2n) is 4.08. The number of hydrogen-bond acceptors (Lipinski definition) is 3. The number of nitrogens with zero attached hydrogens (tertiary/aromatic N) is 1. The Morgan fingerprint density at radius 1 is 1.46 bits per heavy atom. The van der Waals surface area contributed by atoms with E-state index in [4.69, 9.17) is 10.5 Å². The van der Waals surface area contributed by atoms with Crippen LogP contribution in [-0.4, -0.2) is 43.7 Å². The quantitative estimate of drug-likeness (QED) is 0.628. The molecule has 0 bridgehead atoms. The lowest BCUT2D eigenvalue weighted by molar-refractivity contribution is -0.129. The van der Waals surface area contributed by atoms with Crippen molar-refractivity contribution in [1.82, 2.24) is 4.90 Å². The molecule has 0 aromatic rings. The van der Waals surface area contributed by atoms with E-state index in [1.54, 1.807) is 19.0 Å². The molecule has 2 N–H and O–H groups in total. The molecule has 0 unspecified atom stereocenters. The third-order valence-electron chi connectivity index (χ3n) is 1.43. The molecule has 1 amide bonds. The lowest BCUT2D eigenvalue weighted by atomic mass is 10.1. The Morgan fingerprint density at radius 3 is 2.38 bits per heavy atom. The Bertz CT molecular complexity index is 161. The molecule has 0 aromatic carbocycles. The van der Waals surface area contributed by atoms with Gasteiger partial charge in [-0.25, -0.2) is 0 Å². The van der Waals surface area contributed by atoms with Crippen LogP contribution < -0.4 is 5.73 Å². The largest absolute Gasteiger partial charge is 0.379 e. The van der Waals surface area contributed by atoms with Crippen LogP contribution in [0, 0.1) is 0 Å². The van der Waals surface area contributed by atoms with Gasteiger partial charge in [0.2, 0.25) is 5.91 Å². The van der Waals surface area contributed by atoms with Crippen LogP contribution in [0.25, 0.3) is 0 Å². The fourth-order valence-corrected chi connectivity index (χ4v) is 0.718. The highest BCUT2D eigenvalue weighted by Crippen LogP contribution is 1.98. The maximum Gasteiger partial charge on any atom is 0.224 e. The van der Waals surface area contributed by atoms with Gasteiger partial charge in [-0.2, -0.15) is 0 Å². The van der Waals surface area contributed by atoms with Crippen molar-refractivity contribution < 1.29 is 9.53 Å². The zero-order valence-electron chi connectivity index (χ0n) is 8.96. The normalized spacial score (nSPS) is 11.5. The molecule has 0 fully saturated rings. The van der Waals surface area contributed by atoms with Crippen molar-refractivity contribution in [3.8, 4) is 0 Å². The van der Waals surface area contributed by atoms with Crippen LogP contribution in [0.2, 0.25) is 0 Å². The van der Waals surface area contributed by atoms with E-state index in [2.05, 4.69) is 0 Å². The minimum absolute atomic E-state index is 0.0785. The summed E-state index contributed by atoms with van der Waals surface area (Å²) in [7, 11) is 3.46. The Labute approximate surface area is 80.0 Å². The van der Waals surface area contributed by atoms with Crippen LogP contribution in [0.15, 0.2) is 0 Å². The molecule has 0 saturated carbocycles. The van der Waals surface area contributed by atoms with Gasteiger partial charge in [0.15, 0.2) is 0 Å². The van der Waals surface area contributed by atoms with Gasteiger partial charge in [-0.15, -0.1) is 0 Å². The highest BCUT2D eigenvalue weighted by molar-refractivity contribution is 5.75. The number of rotatable bonds is 5. The Hall–Kier alpha value is -0.610. The molecule has 0 aromatic heterocycles. The molecule has 0 radical (unpaired) electrons. The molecule has 4 nitrogen and oxygen atoms in total. The predicted molar refractivity (Wildman–Crippen MR) is 52.4 cm³/mol. The highest BCUT2D eigenvalue weighted by atomic mass is 16.5. The fraction of sp³-hybridized carbons (Fsp3) is 0.889. The lowest BCUT2D eigenvalue weighted by Gasteiger charge is -2.18. The molecular formula is C9H20N2O2. The van der Waals surface area contributed by atoms with Gasteiger partial charge < -0.3 is 15.4 Å². The minimum Gasteiger partial charge on any atom is -0.379 e. The van der Waals surface area contributed by atoms with Gasteiger partial charge in [0.1, 0.15) is 0 Å². The number of carbonyl (C=O) groups excluding carboxylic acids is 1. The summed E-state index contributed by atoms with van der Waals surface area (Å²) in [5.41, 5.74) is 5.37. The summed E-state index contributed by atoms with van der Waals surface area (Å²) in [6, 6.07) is 0. The predicted octanol–water partition coefficient (Wildman–Crippen LogP) is 0.219. The smallest absolute Gasteiger partial charge is 0.224 e. The van der Waals surface area contributed by atoms with E-state index in [9.17, 15) is 4.79 Å². The SMILES string of the molecule is CN(C)C(=O)CCOCC(C)(C)N. The zero-order chi connectivity index (χ0) is 10.5. The van der Waals surface area contributed by atoms with Crippen molar-refractivity contribution in [2.45, 2.75) is 25.8 Å². The van der Waals surface area contributed by atoms with E-state index in [-0.39, 0.29) is 11.4 Å². The first-order chi connectivity index (χ1) is 5.83. The second kappa shape index (κ2) is 5.19. The molecule has 78 valence electrons. The van der Waals surface area contributed by atoms with Crippen molar-refractivity contribution in [2.75, 3.05) is 27.3 Å². The maximum atomic E-state index is 11.1. The van der Waals surface area contributed by atoms with E-state index in [0.29, 0.717) is 19.6 Å². The molecule has 0 aliphatic heterocycles. The molecule has 0 saturated heterocycles. The van der Waals surface area contributed by atoms with Crippen LogP contribution >= 0.6 is 0 Å². The molecule has 0 atom stereocenters. The summed E-state index contributed by atoms with van der Waals surface area (Å²) >= 11 is 0. The van der Waals surface area contributed by atoms with Gasteiger partial charge in [-0.05, 0) is 13.8 Å². The van der Waals surface area contributed by atoms with E-state index in [1.807, 2.05) is 13.8 Å². The monoisotopic (exact) mass is 188 g/mol. The van der Waals surface area contributed by atoms with Crippen molar-refractivity contribution in [1.29, 1.82) is 0 Å². The Balaban J connectivity index is 3.42. The highest BCUT2D eigenvalue weighted by Gasteiger charge is 2.11.